The molecule has 110 valence electrons. The molecule has 0 bridgehead atoms. The highest BCUT2D eigenvalue weighted by Gasteiger charge is 2.48. The van der Waals surface area contributed by atoms with Crippen molar-refractivity contribution < 1.29 is 15.0 Å². The normalized spacial score (nSPS) is 25.6. The van der Waals surface area contributed by atoms with E-state index in [-0.39, 0.29) is 29.2 Å². The van der Waals surface area contributed by atoms with Crippen LogP contribution in [0, 0.1) is 5.41 Å². The second kappa shape index (κ2) is 5.42. The Kier molecular flexibility index (Phi) is 4.01. The first-order chi connectivity index (χ1) is 9.30. The third-order valence-electron chi connectivity index (χ3n) is 4.26. The molecule has 1 saturated carbocycles. The zero-order chi connectivity index (χ0) is 14.9. The first-order valence-corrected chi connectivity index (χ1v) is 6.82. The largest absolute Gasteiger partial charge is 0.508 e. The van der Waals surface area contributed by atoms with Gasteiger partial charge in [-0.25, -0.2) is 0 Å². The number of carbonyl (C=O) groups is 1. The zero-order valence-electron chi connectivity index (χ0n) is 11.8. The molecule has 2 rings (SSSR count). The first-order valence-electron chi connectivity index (χ1n) is 6.82. The number of hydrogen-bond donors (Lipinski definition) is 4. The third kappa shape index (κ3) is 2.94. The van der Waals surface area contributed by atoms with Crippen molar-refractivity contribution in [3.05, 3.63) is 29.8 Å². The first kappa shape index (κ1) is 14.8. The minimum atomic E-state index is -0.631. The number of nitrogens with one attached hydrogen (secondary N) is 1. The molecule has 0 spiro atoms. The minimum absolute atomic E-state index is 0.0316. The number of aliphatic hydroxyl groups is 1. The summed E-state index contributed by atoms with van der Waals surface area (Å²) in [6.45, 7) is 3.86. The summed E-state index contributed by atoms with van der Waals surface area (Å²) in [7, 11) is 0. The molecule has 3 atom stereocenters. The van der Waals surface area contributed by atoms with Crippen molar-refractivity contribution in [3.8, 4) is 5.75 Å². The smallest absolute Gasteiger partial charge is 0.237 e. The van der Waals surface area contributed by atoms with E-state index < -0.39 is 6.04 Å². The lowest BCUT2D eigenvalue weighted by Gasteiger charge is -2.49. The summed E-state index contributed by atoms with van der Waals surface area (Å²) in [5.41, 5.74) is 6.50. The van der Waals surface area contributed by atoms with Crippen LogP contribution < -0.4 is 11.1 Å². The second-order valence-electron chi connectivity index (χ2n) is 6.11. The average molecular weight is 278 g/mol. The van der Waals surface area contributed by atoms with Gasteiger partial charge >= 0.3 is 0 Å². The van der Waals surface area contributed by atoms with Crippen LogP contribution in [0.2, 0.25) is 0 Å². The predicted molar refractivity (Wildman–Crippen MR) is 76.1 cm³/mol. The van der Waals surface area contributed by atoms with Crippen molar-refractivity contribution in [1.82, 2.24) is 5.32 Å². The number of amides is 1. The Balaban J connectivity index is 1.88. The van der Waals surface area contributed by atoms with E-state index in [1.165, 1.54) is 0 Å². The number of phenols is 1. The lowest BCUT2D eigenvalue weighted by Crippen LogP contribution is -2.63. The highest BCUT2D eigenvalue weighted by atomic mass is 16.3. The molecule has 5 nitrogen and oxygen atoms in total. The fourth-order valence-corrected chi connectivity index (χ4v) is 2.40. The number of aromatic hydroxyl groups is 1. The van der Waals surface area contributed by atoms with E-state index in [4.69, 9.17) is 5.73 Å². The van der Waals surface area contributed by atoms with Gasteiger partial charge in [0.25, 0.3) is 0 Å². The molecule has 5 N–H and O–H groups in total. The van der Waals surface area contributed by atoms with Crippen LogP contribution >= 0.6 is 0 Å². The number of nitrogens with two attached hydrogens (primary N) is 1. The Morgan fingerprint density at radius 1 is 1.45 bits per heavy atom. The molecule has 3 unspecified atom stereocenters. The van der Waals surface area contributed by atoms with Gasteiger partial charge in [-0.15, -0.1) is 0 Å². The lowest BCUT2D eigenvalue weighted by molar-refractivity contribution is -0.130. The van der Waals surface area contributed by atoms with Gasteiger partial charge in [0, 0.05) is 11.5 Å². The minimum Gasteiger partial charge on any atom is -0.508 e. The molecule has 0 saturated heterocycles. The van der Waals surface area contributed by atoms with E-state index in [2.05, 4.69) is 5.32 Å². The Labute approximate surface area is 118 Å². The molecule has 5 heteroatoms. The molecule has 1 amide bonds. The number of phenolic OH excluding ortho intramolecular Hbond substituents is 1. The van der Waals surface area contributed by atoms with Crippen molar-refractivity contribution in [2.45, 2.75) is 44.9 Å². The Bertz CT molecular complexity index is 484. The number of carbonyl (C=O) groups excluding carboxylic acids is 1. The summed E-state index contributed by atoms with van der Waals surface area (Å²) in [6.07, 6.45) is 0.619. The highest BCUT2D eigenvalue weighted by molar-refractivity contribution is 5.82. The van der Waals surface area contributed by atoms with Crippen molar-refractivity contribution in [1.29, 1.82) is 0 Å². The average Bonchev–Trinajstić information content (AvgIpc) is 2.40. The quantitative estimate of drug-likeness (QED) is 0.646. The van der Waals surface area contributed by atoms with E-state index in [1.54, 1.807) is 24.3 Å². The van der Waals surface area contributed by atoms with Gasteiger partial charge < -0.3 is 21.3 Å². The van der Waals surface area contributed by atoms with Crippen LogP contribution in [0.1, 0.15) is 25.8 Å². The summed E-state index contributed by atoms with van der Waals surface area (Å²) in [5.74, 6) is -0.0139. The Morgan fingerprint density at radius 2 is 2.05 bits per heavy atom. The summed E-state index contributed by atoms with van der Waals surface area (Å²) in [4.78, 5) is 12.0. The Morgan fingerprint density at radius 3 is 2.55 bits per heavy atom. The molecule has 1 aliphatic carbocycles. The summed E-state index contributed by atoms with van der Waals surface area (Å²) >= 11 is 0. The van der Waals surface area contributed by atoms with Crippen LogP contribution in [-0.4, -0.2) is 34.3 Å². The molecular weight excluding hydrogens is 256 g/mol. The van der Waals surface area contributed by atoms with E-state index in [1.807, 2.05) is 13.8 Å². The van der Waals surface area contributed by atoms with Crippen LogP contribution in [-0.2, 0) is 11.2 Å². The monoisotopic (exact) mass is 278 g/mol. The standard InChI is InChI=1S/C15H22N2O3/c1-15(2)12(8-13(15)19)17-14(20)11(16)7-9-3-5-10(18)6-4-9/h3-6,11-13,18-19H,7-8,16H2,1-2H3,(H,17,20). The zero-order valence-corrected chi connectivity index (χ0v) is 11.8. The molecule has 1 aliphatic rings. The van der Waals surface area contributed by atoms with Crippen molar-refractivity contribution in [2.75, 3.05) is 0 Å². The van der Waals surface area contributed by atoms with Gasteiger partial charge in [0.1, 0.15) is 5.75 Å². The van der Waals surface area contributed by atoms with Crippen molar-refractivity contribution in [2.24, 2.45) is 11.1 Å². The highest BCUT2D eigenvalue weighted by Crippen LogP contribution is 2.40. The van der Waals surface area contributed by atoms with Crippen LogP contribution in [0.4, 0.5) is 0 Å². The van der Waals surface area contributed by atoms with E-state index in [0.717, 1.165) is 5.56 Å². The third-order valence-corrected chi connectivity index (χ3v) is 4.26. The molecule has 20 heavy (non-hydrogen) atoms. The topological polar surface area (TPSA) is 95.6 Å². The fourth-order valence-electron chi connectivity index (χ4n) is 2.40. The molecule has 1 aromatic carbocycles. The maximum Gasteiger partial charge on any atom is 0.237 e. The maximum absolute atomic E-state index is 12.0. The summed E-state index contributed by atoms with van der Waals surface area (Å²) < 4.78 is 0. The molecular formula is C15H22N2O3. The summed E-state index contributed by atoms with van der Waals surface area (Å²) in [6, 6.07) is 5.99. The molecule has 0 radical (unpaired) electrons. The van der Waals surface area contributed by atoms with Gasteiger partial charge in [0.2, 0.25) is 5.91 Å². The van der Waals surface area contributed by atoms with Crippen LogP contribution in [0.5, 0.6) is 5.75 Å². The van der Waals surface area contributed by atoms with Crippen molar-refractivity contribution >= 4 is 5.91 Å². The van der Waals surface area contributed by atoms with Gasteiger partial charge in [-0.1, -0.05) is 26.0 Å². The van der Waals surface area contributed by atoms with Gasteiger partial charge in [-0.2, -0.15) is 0 Å². The Hall–Kier alpha value is -1.59. The number of benzene rings is 1. The lowest BCUT2D eigenvalue weighted by atomic mass is 9.64. The van der Waals surface area contributed by atoms with Gasteiger partial charge in [0.15, 0.2) is 0 Å². The van der Waals surface area contributed by atoms with Gasteiger partial charge in [-0.05, 0) is 30.5 Å². The van der Waals surface area contributed by atoms with Crippen molar-refractivity contribution in [3.63, 3.8) is 0 Å². The number of aliphatic hydroxyl groups excluding tert-OH is 1. The van der Waals surface area contributed by atoms with E-state index in [9.17, 15) is 15.0 Å². The SMILES string of the molecule is CC1(C)C(O)CC1NC(=O)C(N)Cc1ccc(O)cc1. The molecule has 1 fully saturated rings. The molecule has 0 heterocycles. The van der Waals surface area contributed by atoms with Crippen LogP contribution in [0.25, 0.3) is 0 Å². The van der Waals surface area contributed by atoms with E-state index >= 15 is 0 Å². The van der Waals surface area contributed by atoms with E-state index in [0.29, 0.717) is 12.8 Å². The number of hydrogen-bond acceptors (Lipinski definition) is 4. The molecule has 1 aromatic rings. The van der Waals surface area contributed by atoms with Crippen LogP contribution in [0.15, 0.2) is 24.3 Å². The predicted octanol–water partition coefficient (Wildman–Crippen LogP) is 0.538. The van der Waals surface area contributed by atoms with Crippen LogP contribution in [0.3, 0.4) is 0 Å². The van der Waals surface area contributed by atoms with Gasteiger partial charge in [-0.3, -0.25) is 4.79 Å². The van der Waals surface area contributed by atoms with Gasteiger partial charge in [0.05, 0.1) is 12.1 Å². The second-order valence-corrected chi connectivity index (χ2v) is 6.11. The summed E-state index contributed by atoms with van der Waals surface area (Å²) in [5, 5.41) is 21.8. The molecule has 0 aromatic heterocycles. The molecule has 0 aliphatic heterocycles. The fraction of sp³-hybridized carbons (Fsp3) is 0.533. The number of rotatable bonds is 4. The maximum atomic E-state index is 12.0.